The number of aryl methyl sites for hydroxylation is 1. The minimum Gasteiger partial charge on any atom is -0.465 e. The highest BCUT2D eigenvalue weighted by Gasteiger charge is 2.28. The van der Waals surface area contributed by atoms with Crippen molar-refractivity contribution in [1.29, 1.82) is 0 Å². The molecule has 2 aromatic heterocycles. The monoisotopic (exact) mass is 504 g/mol. The lowest BCUT2D eigenvalue weighted by molar-refractivity contribution is 0.0603. The molecule has 0 saturated heterocycles. The van der Waals surface area contributed by atoms with Crippen molar-refractivity contribution in [2.45, 2.75) is 6.92 Å². The van der Waals surface area contributed by atoms with Gasteiger partial charge in [0.2, 0.25) is 0 Å². The molecule has 0 atom stereocenters. The van der Waals surface area contributed by atoms with Gasteiger partial charge in [-0.15, -0.1) is 11.3 Å². The number of nitrogens with one attached hydrogen (secondary N) is 1. The van der Waals surface area contributed by atoms with E-state index in [0.717, 1.165) is 16.9 Å². The van der Waals surface area contributed by atoms with Crippen LogP contribution in [0.4, 0.5) is 9.39 Å². The summed E-state index contributed by atoms with van der Waals surface area (Å²) < 4.78 is 24.6. The lowest BCUT2D eigenvalue weighted by atomic mass is 10.0. The predicted molar refractivity (Wildman–Crippen MR) is 126 cm³/mol. The van der Waals surface area contributed by atoms with E-state index in [9.17, 15) is 14.0 Å². The molecular weight excluding hydrogens is 490 g/mol. The number of amides is 1. The lowest BCUT2D eigenvalue weighted by Gasteiger charge is -2.09. The highest BCUT2D eigenvalue weighted by molar-refractivity contribution is 7.15. The Hall–Kier alpha value is -3.20. The smallest absolute Gasteiger partial charge is 0.341 e. The minimum atomic E-state index is -0.652. The first kappa shape index (κ1) is 23.0. The van der Waals surface area contributed by atoms with Crippen LogP contribution >= 0.6 is 34.5 Å². The minimum absolute atomic E-state index is 0.000686. The third-order valence-electron chi connectivity index (χ3n) is 4.85. The molecule has 4 rings (SSSR count). The first-order valence-corrected chi connectivity index (χ1v) is 11.1. The summed E-state index contributed by atoms with van der Waals surface area (Å²) in [6.07, 6.45) is 0. The van der Waals surface area contributed by atoms with Crippen molar-refractivity contribution in [2.24, 2.45) is 0 Å². The van der Waals surface area contributed by atoms with Crippen LogP contribution in [0.25, 0.3) is 22.4 Å². The molecule has 0 radical (unpaired) electrons. The average molecular weight is 505 g/mol. The van der Waals surface area contributed by atoms with Crippen molar-refractivity contribution in [3.63, 3.8) is 0 Å². The molecule has 0 unspecified atom stereocenters. The summed E-state index contributed by atoms with van der Waals surface area (Å²) in [5.41, 5.74) is 1.37. The average Bonchev–Trinajstić information content (AvgIpc) is 3.37. The largest absolute Gasteiger partial charge is 0.465 e. The maximum atomic E-state index is 14.5. The summed E-state index contributed by atoms with van der Waals surface area (Å²) in [5.74, 6) is -1.76. The maximum absolute atomic E-state index is 14.5. The van der Waals surface area contributed by atoms with E-state index in [0.29, 0.717) is 10.6 Å². The molecule has 0 aliphatic carbocycles. The van der Waals surface area contributed by atoms with Gasteiger partial charge in [-0.25, -0.2) is 9.18 Å². The van der Waals surface area contributed by atoms with Crippen LogP contribution in [0, 0.1) is 12.7 Å². The van der Waals surface area contributed by atoms with Gasteiger partial charge < -0.3 is 14.6 Å². The summed E-state index contributed by atoms with van der Waals surface area (Å²) in [6.45, 7) is 1.52. The van der Waals surface area contributed by atoms with Crippen LogP contribution in [0.2, 0.25) is 10.0 Å². The van der Waals surface area contributed by atoms with Gasteiger partial charge in [-0.3, -0.25) is 4.79 Å². The number of methoxy groups -OCH3 is 1. The third kappa shape index (κ3) is 4.37. The number of halogens is 3. The van der Waals surface area contributed by atoms with Crippen molar-refractivity contribution >= 4 is 51.4 Å². The summed E-state index contributed by atoms with van der Waals surface area (Å²) >= 11 is 13.3. The van der Waals surface area contributed by atoms with Crippen molar-refractivity contribution in [3.05, 3.63) is 80.6 Å². The molecule has 0 bridgehead atoms. The highest BCUT2D eigenvalue weighted by Crippen LogP contribution is 2.38. The molecule has 33 heavy (non-hydrogen) atoms. The van der Waals surface area contributed by atoms with Gasteiger partial charge in [-0.05, 0) is 36.8 Å². The van der Waals surface area contributed by atoms with Crippen LogP contribution in [-0.4, -0.2) is 24.1 Å². The van der Waals surface area contributed by atoms with Gasteiger partial charge in [-0.2, -0.15) is 0 Å². The molecule has 0 aliphatic heterocycles. The van der Waals surface area contributed by atoms with Crippen molar-refractivity contribution in [3.8, 4) is 22.4 Å². The van der Waals surface area contributed by atoms with E-state index in [4.69, 9.17) is 32.5 Å². The zero-order chi connectivity index (χ0) is 23.7. The fourth-order valence-electron chi connectivity index (χ4n) is 3.30. The maximum Gasteiger partial charge on any atom is 0.341 e. The summed E-state index contributed by atoms with van der Waals surface area (Å²) in [6, 6.07) is 11.0. The first-order valence-electron chi connectivity index (χ1n) is 9.49. The van der Waals surface area contributed by atoms with Crippen molar-refractivity contribution < 1.29 is 23.2 Å². The molecule has 1 N–H and O–H groups in total. The number of nitrogens with zero attached hydrogens (tertiary/aromatic N) is 1. The van der Waals surface area contributed by atoms with Crippen LogP contribution in [-0.2, 0) is 4.74 Å². The molecule has 0 aliphatic rings. The number of esters is 1. The van der Waals surface area contributed by atoms with Crippen molar-refractivity contribution in [1.82, 2.24) is 5.16 Å². The molecule has 0 spiro atoms. The van der Waals surface area contributed by atoms with E-state index < -0.39 is 17.7 Å². The van der Waals surface area contributed by atoms with Gasteiger partial charge in [0.1, 0.15) is 33.4 Å². The fraction of sp³-hybridized carbons (Fsp3) is 0.0870. The quantitative estimate of drug-likeness (QED) is 0.300. The second-order valence-electron chi connectivity index (χ2n) is 6.87. The number of benzene rings is 2. The van der Waals surface area contributed by atoms with E-state index >= 15 is 0 Å². The SMILES string of the molecule is COC(=O)c1c(-c2ccc(Cl)cc2)csc1NC(=O)c1c(-c2c(F)cccc2Cl)noc1C. The number of hydrogen-bond donors (Lipinski definition) is 1. The number of hydrogen-bond acceptors (Lipinski definition) is 6. The van der Waals surface area contributed by atoms with E-state index in [2.05, 4.69) is 10.5 Å². The van der Waals surface area contributed by atoms with E-state index in [1.165, 1.54) is 32.2 Å². The van der Waals surface area contributed by atoms with Crippen LogP contribution in [0.15, 0.2) is 52.4 Å². The number of aromatic nitrogens is 1. The first-order chi connectivity index (χ1) is 15.8. The van der Waals surface area contributed by atoms with Gasteiger partial charge >= 0.3 is 5.97 Å². The molecule has 4 aromatic rings. The van der Waals surface area contributed by atoms with Gasteiger partial charge in [0.05, 0.1) is 17.7 Å². The molecule has 10 heteroatoms. The Morgan fingerprint density at radius 3 is 2.52 bits per heavy atom. The Morgan fingerprint density at radius 1 is 1.12 bits per heavy atom. The Kier molecular flexibility index (Phi) is 6.51. The standard InChI is InChI=1S/C23H15Cl2FN2O4S/c1-11-17(20(28-32-11)19-15(25)4-3-5-16(19)26)21(29)27-22-18(23(30)31-2)14(10-33-22)12-6-8-13(24)9-7-12/h3-10H,1-2H3,(H,27,29). The van der Waals surface area contributed by atoms with E-state index in [-0.39, 0.29) is 38.2 Å². The van der Waals surface area contributed by atoms with Crippen LogP contribution in [0.1, 0.15) is 26.5 Å². The molecule has 168 valence electrons. The van der Waals surface area contributed by atoms with Crippen LogP contribution in [0.3, 0.4) is 0 Å². The molecule has 2 heterocycles. The Balaban J connectivity index is 1.76. The summed E-state index contributed by atoms with van der Waals surface area (Å²) in [7, 11) is 1.25. The number of anilines is 1. The van der Waals surface area contributed by atoms with E-state index in [1.807, 2.05) is 0 Å². The Morgan fingerprint density at radius 2 is 1.85 bits per heavy atom. The van der Waals surface area contributed by atoms with Gasteiger partial charge in [0.25, 0.3) is 5.91 Å². The van der Waals surface area contributed by atoms with Crippen molar-refractivity contribution in [2.75, 3.05) is 12.4 Å². The summed E-state index contributed by atoms with van der Waals surface area (Å²) in [5, 5.41) is 9.15. The molecular formula is C23H15Cl2FN2O4S. The molecule has 2 aromatic carbocycles. The molecule has 0 fully saturated rings. The highest BCUT2D eigenvalue weighted by atomic mass is 35.5. The zero-order valence-electron chi connectivity index (χ0n) is 17.2. The Labute approximate surface area is 201 Å². The molecule has 6 nitrogen and oxygen atoms in total. The number of thiophene rings is 1. The predicted octanol–water partition coefficient (Wildman–Crippen LogP) is 6.86. The Bertz CT molecular complexity index is 1350. The third-order valence-corrected chi connectivity index (χ3v) is 6.31. The topological polar surface area (TPSA) is 81.4 Å². The van der Waals surface area contributed by atoms with Gasteiger partial charge in [0, 0.05) is 16.0 Å². The van der Waals surface area contributed by atoms with Crippen LogP contribution < -0.4 is 5.32 Å². The normalized spacial score (nSPS) is 10.8. The number of carbonyl (C=O) groups is 2. The number of carbonyl (C=O) groups excluding carboxylic acids is 2. The second-order valence-corrected chi connectivity index (χ2v) is 8.59. The van der Waals surface area contributed by atoms with E-state index in [1.54, 1.807) is 29.6 Å². The lowest BCUT2D eigenvalue weighted by Crippen LogP contribution is -2.15. The van der Waals surface area contributed by atoms with Crippen LogP contribution in [0.5, 0.6) is 0 Å². The van der Waals surface area contributed by atoms with Gasteiger partial charge in [-0.1, -0.05) is 46.6 Å². The fourth-order valence-corrected chi connectivity index (χ4v) is 4.63. The number of rotatable bonds is 5. The number of ether oxygens (including phenoxy) is 1. The second kappa shape index (κ2) is 9.35. The molecule has 0 saturated carbocycles. The summed E-state index contributed by atoms with van der Waals surface area (Å²) in [4.78, 5) is 25.8. The van der Waals surface area contributed by atoms with Gasteiger partial charge in [0.15, 0.2) is 0 Å². The molecule has 1 amide bonds. The zero-order valence-corrected chi connectivity index (χ0v) is 19.6.